The summed E-state index contributed by atoms with van der Waals surface area (Å²) in [7, 11) is 0. The van der Waals surface area contributed by atoms with Gasteiger partial charge < -0.3 is 80.3 Å². The highest BCUT2D eigenvalue weighted by Crippen LogP contribution is 2.70. The number of thioether (sulfide) groups is 2. The average Bonchev–Trinajstić information content (AvgIpc) is 1.43. The van der Waals surface area contributed by atoms with E-state index in [1.54, 1.807) is 12.2 Å². The Kier molecular flexibility index (Phi) is 33.9. The first kappa shape index (κ1) is 99.1. The molecule has 10 rings (SSSR count). The Morgan fingerprint density at radius 1 is 0.440 bits per heavy atom. The third-order valence-electron chi connectivity index (χ3n) is 27.9. The van der Waals surface area contributed by atoms with Crippen LogP contribution in [0.4, 0.5) is 19.2 Å². The molecule has 664 valence electrons. The number of rotatable bonds is 14. The first-order valence-corrected chi connectivity index (χ1v) is 46.0. The third kappa shape index (κ3) is 24.7. The Hall–Kier alpha value is -4.00. The van der Waals surface area contributed by atoms with Gasteiger partial charge in [0.2, 0.25) is 0 Å². The SMILES string of the molecule is C=C[C@]1(C)C[C@@H](OC(=O)CS[C@@H]2CC[C@@H](NC(=O)OC(C)(C)C)C[C@H]2O)[C@]2(C)C(C)CC[C@]3(CCC(=O)[C@H]32)[C@@H](C)[C@@H]1O.C=C[C@]1(C)C[C@@H](OC(=O)CS[C@H]2CC[C@H](NC(=O)OC(C)(C)C)C[C@@H]2O)[C@]2(C)C(C)CC[C@]3(CCC(=O)[C@H]32)[C@@H](C)[C@@H]1O.CC(C)(C)OC(=O)N[C@@H]1CC[C@@H](S)[C@H](O)C1.CC(C)(C)OC(=O)N[C@H]1CC[C@H](S)[C@@H](O)C1. The lowest BCUT2D eigenvalue weighted by atomic mass is 9.44. The Balaban J connectivity index is 0.000000234. The molecule has 10 saturated carbocycles. The zero-order valence-corrected chi connectivity index (χ0v) is 76.8. The van der Waals surface area contributed by atoms with Crippen molar-refractivity contribution < 1.29 is 97.4 Å². The van der Waals surface area contributed by atoms with E-state index in [1.807, 2.05) is 96.9 Å². The summed E-state index contributed by atoms with van der Waals surface area (Å²) in [6, 6.07) is -0.381. The van der Waals surface area contributed by atoms with Crippen molar-refractivity contribution in [2.75, 3.05) is 11.5 Å². The number of nitrogens with one attached hydrogen (secondary N) is 4. The number of aliphatic hydroxyl groups is 6. The summed E-state index contributed by atoms with van der Waals surface area (Å²) >= 11 is 11.3. The van der Waals surface area contributed by atoms with Crippen LogP contribution in [0, 0.1) is 68.0 Å². The van der Waals surface area contributed by atoms with Crippen molar-refractivity contribution in [2.24, 2.45) is 68.0 Å². The fraction of sp³-hybridized carbons (Fsp3) is 0.864. The van der Waals surface area contributed by atoms with Gasteiger partial charge in [-0.1, -0.05) is 67.5 Å². The molecule has 24 nitrogen and oxygen atoms in total. The van der Waals surface area contributed by atoms with Crippen molar-refractivity contribution in [3.8, 4) is 0 Å². The van der Waals surface area contributed by atoms with Gasteiger partial charge in [-0.3, -0.25) is 19.2 Å². The van der Waals surface area contributed by atoms with E-state index in [-0.39, 0.29) is 127 Å². The maximum absolute atomic E-state index is 13.6. The molecule has 2 unspecified atom stereocenters. The number of hydrogen-bond donors (Lipinski definition) is 12. The maximum Gasteiger partial charge on any atom is 0.407 e. The standard InChI is InChI=1S/2C33H53NO7S.2C11H21NO3S/c2*1-9-31(7)17-25(32(8)19(2)12-14-33(20(3)28(31)38)15-13-22(35)27(32)33)40-26(37)18-42-24-11-10-21(16-23(24)36)34-29(39)41-30(4,5)6;2*1-11(2,3)15-10(14)12-7-4-5-9(16)8(13)6-7/h2*9,19-21,23-25,27-28,36,38H,1,10-18H2,2-8H3,(H,34,39);2*7-9,13,16H,4-6H2,1-3H3,(H,12,14)/t19?,20-,21+,23+,24+,25+,27-,28-,31+,32-,33-;19?,20-,21-,23-,24-,25+,27-,28-,31+,32-,33-;2*7-,8-,9-/m0010/s1. The first-order chi connectivity index (χ1) is 53.5. The zero-order valence-electron chi connectivity index (χ0n) is 73.4. The molecule has 0 aromatic rings. The topological polar surface area (TPSA) is 361 Å². The van der Waals surface area contributed by atoms with Gasteiger partial charge in [0, 0.05) is 91.5 Å². The van der Waals surface area contributed by atoms with Crippen LogP contribution in [0.25, 0.3) is 0 Å². The molecule has 4 amide bonds. The van der Waals surface area contributed by atoms with Gasteiger partial charge in [0.1, 0.15) is 46.2 Å². The minimum atomic E-state index is -0.698. The van der Waals surface area contributed by atoms with Crippen molar-refractivity contribution in [1.82, 2.24) is 21.3 Å². The van der Waals surface area contributed by atoms with Gasteiger partial charge in [-0.25, -0.2) is 19.2 Å². The Bertz CT molecular complexity index is 3180. The molecule has 116 heavy (non-hydrogen) atoms. The molecule has 10 N–H and O–H groups in total. The molecule has 0 aromatic carbocycles. The van der Waals surface area contributed by atoms with E-state index in [1.165, 1.54) is 23.5 Å². The van der Waals surface area contributed by atoms with Crippen molar-refractivity contribution >= 4 is 96.7 Å². The van der Waals surface area contributed by atoms with Gasteiger partial charge in [-0.15, -0.1) is 36.7 Å². The van der Waals surface area contributed by atoms with Crippen LogP contribution in [0.3, 0.4) is 0 Å². The summed E-state index contributed by atoms with van der Waals surface area (Å²) in [6.07, 6.45) is 11.9. The molecular formula is C88H148N4O20S4. The van der Waals surface area contributed by atoms with Crippen LogP contribution < -0.4 is 21.3 Å². The number of aliphatic hydroxyl groups excluding tert-OH is 6. The second-order valence-electron chi connectivity index (χ2n) is 40.9. The fourth-order valence-electron chi connectivity index (χ4n) is 21.0. The van der Waals surface area contributed by atoms with E-state index >= 15 is 0 Å². The van der Waals surface area contributed by atoms with Gasteiger partial charge in [-0.2, -0.15) is 25.3 Å². The van der Waals surface area contributed by atoms with Crippen molar-refractivity contribution in [3.05, 3.63) is 25.3 Å². The lowest BCUT2D eigenvalue weighted by molar-refractivity contribution is -0.205. The number of hydrogen-bond acceptors (Lipinski definition) is 24. The molecule has 10 fully saturated rings. The van der Waals surface area contributed by atoms with Crippen LogP contribution in [0.1, 0.15) is 280 Å². The van der Waals surface area contributed by atoms with Crippen LogP contribution in [0.2, 0.25) is 0 Å². The van der Waals surface area contributed by atoms with Gasteiger partial charge in [0.05, 0.1) is 48.1 Å². The summed E-state index contributed by atoms with van der Waals surface area (Å²) in [5.41, 5.74) is -5.20. The molecule has 10 aliphatic carbocycles. The molecule has 4 bridgehead atoms. The third-order valence-corrected chi connectivity index (χ3v) is 31.9. The normalized spacial score (nSPS) is 40.3. The number of carbonyl (C=O) groups is 8. The number of carbonyl (C=O) groups excluding carboxylic acids is 8. The van der Waals surface area contributed by atoms with E-state index in [0.717, 1.165) is 64.2 Å². The number of Topliss-reactive ketones (excluding diaryl/α,β-unsaturated/α-hetero) is 2. The molecule has 28 heteroatoms. The van der Waals surface area contributed by atoms with Crippen LogP contribution in [0.15, 0.2) is 25.3 Å². The minimum absolute atomic E-state index is 0.00625. The van der Waals surface area contributed by atoms with E-state index in [0.29, 0.717) is 77.0 Å². The predicted molar refractivity (Wildman–Crippen MR) is 459 cm³/mol. The van der Waals surface area contributed by atoms with E-state index in [2.05, 4.69) is 101 Å². The molecule has 0 aromatic heterocycles. The highest BCUT2D eigenvalue weighted by atomic mass is 32.2. The first-order valence-electron chi connectivity index (χ1n) is 42.9. The minimum Gasteiger partial charge on any atom is -0.461 e. The van der Waals surface area contributed by atoms with Crippen molar-refractivity contribution in [3.63, 3.8) is 0 Å². The Morgan fingerprint density at radius 2 is 0.716 bits per heavy atom. The second kappa shape index (κ2) is 39.7. The van der Waals surface area contributed by atoms with Crippen LogP contribution in [-0.2, 0) is 47.6 Å². The highest BCUT2D eigenvalue weighted by Gasteiger charge is 2.70. The van der Waals surface area contributed by atoms with E-state index < -0.39 is 117 Å². The summed E-state index contributed by atoms with van der Waals surface area (Å²) in [5, 5.41) is 75.3. The fourth-order valence-corrected chi connectivity index (χ4v) is 23.7. The predicted octanol–water partition coefficient (Wildman–Crippen LogP) is 14.3. The quantitative estimate of drug-likeness (QED) is 0.0333. The Morgan fingerprint density at radius 3 is 0.974 bits per heavy atom. The largest absolute Gasteiger partial charge is 0.461 e. The highest BCUT2D eigenvalue weighted by molar-refractivity contribution is 8.00. The number of ether oxygens (including phenoxy) is 6. The summed E-state index contributed by atoms with van der Waals surface area (Å²) in [4.78, 5) is 101. The molecule has 10 aliphatic rings. The number of esters is 2. The number of ketones is 2. The lowest BCUT2D eigenvalue weighted by Gasteiger charge is -2.61. The molecule has 0 aliphatic heterocycles. The van der Waals surface area contributed by atoms with Crippen molar-refractivity contribution in [2.45, 2.75) is 396 Å². The van der Waals surface area contributed by atoms with Crippen LogP contribution in [-0.4, -0.2) is 206 Å². The molecule has 0 heterocycles. The monoisotopic (exact) mass is 1710 g/mol. The summed E-state index contributed by atoms with van der Waals surface area (Å²) < 4.78 is 33.7. The molecule has 28 atom stereocenters. The van der Waals surface area contributed by atoms with E-state index in [9.17, 15) is 69.0 Å². The van der Waals surface area contributed by atoms with Gasteiger partial charge in [-0.05, 0) is 246 Å². The smallest absolute Gasteiger partial charge is 0.407 e. The van der Waals surface area contributed by atoms with Crippen LogP contribution >= 0.6 is 48.8 Å². The zero-order chi connectivity index (χ0) is 87.2. The van der Waals surface area contributed by atoms with E-state index in [4.69, 9.17) is 28.4 Å². The number of thiol groups is 2. The van der Waals surface area contributed by atoms with Crippen molar-refractivity contribution in [1.29, 1.82) is 0 Å². The maximum atomic E-state index is 13.6. The molecular weight excluding hydrogens is 1560 g/mol. The molecule has 0 spiro atoms. The molecule has 0 saturated heterocycles. The average molecular weight is 1710 g/mol. The van der Waals surface area contributed by atoms with Gasteiger partial charge in [0.15, 0.2) is 0 Å². The molecule has 0 radical (unpaired) electrons. The number of alkyl carbamates (subject to hydrolysis) is 4. The van der Waals surface area contributed by atoms with Gasteiger partial charge >= 0.3 is 36.3 Å². The lowest BCUT2D eigenvalue weighted by Crippen LogP contribution is -2.63. The summed E-state index contributed by atoms with van der Waals surface area (Å²) in [6.45, 7) is 46.8. The summed E-state index contributed by atoms with van der Waals surface area (Å²) in [5.74, 6) is -0.396. The Labute approximate surface area is 712 Å². The second-order valence-corrected chi connectivity index (χ2v) is 44.6. The van der Waals surface area contributed by atoms with Gasteiger partial charge in [0.25, 0.3) is 0 Å². The number of amides is 4. The van der Waals surface area contributed by atoms with Crippen LogP contribution in [0.5, 0.6) is 0 Å².